The molecule has 158 valence electrons. The SMILES string of the molecule is C[C@@H]1[C@H](C)CCC[C@H]1NC(=O)c1ccc2c(c1)N(Cc1ccc(F)cc1)C(=O)CS2. The van der Waals surface area contributed by atoms with Gasteiger partial charge in [-0.05, 0) is 54.2 Å². The zero-order chi connectivity index (χ0) is 21.3. The predicted octanol–water partition coefficient (Wildman–Crippen LogP) is 5.02. The maximum Gasteiger partial charge on any atom is 0.251 e. The molecule has 2 aliphatic rings. The van der Waals surface area contributed by atoms with Crippen molar-refractivity contribution in [3.8, 4) is 0 Å². The lowest BCUT2D eigenvalue weighted by atomic mass is 9.78. The first-order chi connectivity index (χ1) is 14.4. The van der Waals surface area contributed by atoms with Crippen LogP contribution in [0, 0.1) is 17.7 Å². The quantitative estimate of drug-likeness (QED) is 0.747. The Morgan fingerprint density at radius 3 is 2.70 bits per heavy atom. The second-order valence-electron chi connectivity index (χ2n) is 8.42. The number of halogens is 1. The monoisotopic (exact) mass is 426 g/mol. The van der Waals surface area contributed by atoms with Gasteiger partial charge in [0.2, 0.25) is 5.91 Å². The zero-order valence-electron chi connectivity index (χ0n) is 17.4. The molecule has 3 atom stereocenters. The molecule has 4 rings (SSSR count). The van der Waals surface area contributed by atoms with Crippen LogP contribution in [0.3, 0.4) is 0 Å². The Morgan fingerprint density at radius 1 is 1.17 bits per heavy atom. The van der Waals surface area contributed by atoms with Crippen molar-refractivity contribution in [2.75, 3.05) is 10.7 Å². The van der Waals surface area contributed by atoms with E-state index in [9.17, 15) is 14.0 Å². The third-order valence-corrected chi connectivity index (χ3v) is 7.49. The highest BCUT2D eigenvalue weighted by Crippen LogP contribution is 2.37. The minimum atomic E-state index is -0.301. The molecule has 2 aromatic carbocycles. The van der Waals surface area contributed by atoms with E-state index in [-0.39, 0.29) is 23.7 Å². The molecule has 2 amide bonds. The summed E-state index contributed by atoms with van der Waals surface area (Å²) in [4.78, 5) is 28.3. The summed E-state index contributed by atoms with van der Waals surface area (Å²) in [5.41, 5.74) is 2.17. The van der Waals surface area contributed by atoms with E-state index < -0.39 is 0 Å². The van der Waals surface area contributed by atoms with Gasteiger partial charge in [0.15, 0.2) is 0 Å². The topological polar surface area (TPSA) is 49.4 Å². The lowest BCUT2D eigenvalue weighted by Gasteiger charge is -2.34. The number of nitrogens with one attached hydrogen (secondary N) is 1. The van der Waals surface area contributed by atoms with Crippen LogP contribution in [0.2, 0.25) is 0 Å². The van der Waals surface area contributed by atoms with Crippen molar-refractivity contribution in [1.82, 2.24) is 5.32 Å². The molecule has 0 unspecified atom stereocenters. The third-order valence-electron chi connectivity index (χ3n) is 6.44. The Morgan fingerprint density at radius 2 is 1.93 bits per heavy atom. The fourth-order valence-electron chi connectivity index (χ4n) is 4.33. The Balaban J connectivity index is 1.56. The molecular weight excluding hydrogens is 399 g/mol. The van der Waals surface area contributed by atoms with Crippen molar-refractivity contribution in [3.63, 3.8) is 0 Å². The summed E-state index contributed by atoms with van der Waals surface area (Å²) < 4.78 is 13.2. The average Bonchev–Trinajstić information content (AvgIpc) is 2.74. The second-order valence-corrected chi connectivity index (χ2v) is 9.44. The van der Waals surface area contributed by atoms with Crippen LogP contribution in [0.15, 0.2) is 47.4 Å². The number of thioether (sulfide) groups is 1. The number of benzene rings is 2. The predicted molar refractivity (Wildman–Crippen MR) is 118 cm³/mol. The van der Waals surface area contributed by atoms with Gasteiger partial charge in [0.25, 0.3) is 5.91 Å². The maximum absolute atomic E-state index is 13.2. The minimum Gasteiger partial charge on any atom is -0.349 e. The summed E-state index contributed by atoms with van der Waals surface area (Å²) in [7, 11) is 0. The van der Waals surface area contributed by atoms with Crippen molar-refractivity contribution in [3.05, 3.63) is 59.4 Å². The number of amides is 2. The van der Waals surface area contributed by atoms with Gasteiger partial charge in [-0.25, -0.2) is 4.39 Å². The lowest BCUT2D eigenvalue weighted by molar-refractivity contribution is -0.116. The molecule has 0 bridgehead atoms. The molecule has 1 N–H and O–H groups in total. The normalized spacial score (nSPS) is 23.8. The molecule has 1 aliphatic heterocycles. The molecule has 1 saturated carbocycles. The molecule has 0 radical (unpaired) electrons. The fourth-order valence-corrected chi connectivity index (χ4v) is 5.24. The third kappa shape index (κ3) is 4.38. The van der Waals surface area contributed by atoms with E-state index in [0.717, 1.165) is 29.0 Å². The van der Waals surface area contributed by atoms with Gasteiger partial charge in [-0.3, -0.25) is 9.59 Å². The van der Waals surface area contributed by atoms with Crippen molar-refractivity contribution < 1.29 is 14.0 Å². The number of rotatable bonds is 4. The van der Waals surface area contributed by atoms with E-state index in [1.165, 1.54) is 30.3 Å². The maximum atomic E-state index is 13.2. The highest BCUT2D eigenvalue weighted by Gasteiger charge is 2.30. The van der Waals surface area contributed by atoms with Gasteiger partial charge in [0, 0.05) is 16.5 Å². The fraction of sp³-hybridized carbons (Fsp3) is 0.417. The number of carbonyl (C=O) groups is 2. The van der Waals surface area contributed by atoms with E-state index in [0.29, 0.717) is 29.7 Å². The number of nitrogens with zero attached hydrogens (tertiary/aromatic N) is 1. The lowest BCUT2D eigenvalue weighted by Crippen LogP contribution is -2.43. The highest BCUT2D eigenvalue weighted by atomic mass is 32.2. The van der Waals surface area contributed by atoms with E-state index in [1.54, 1.807) is 17.0 Å². The van der Waals surface area contributed by atoms with Gasteiger partial charge < -0.3 is 10.2 Å². The summed E-state index contributed by atoms with van der Waals surface area (Å²) in [6.07, 6.45) is 3.36. The number of hydrogen-bond donors (Lipinski definition) is 1. The van der Waals surface area contributed by atoms with Gasteiger partial charge in [-0.1, -0.05) is 38.8 Å². The van der Waals surface area contributed by atoms with E-state index >= 15 is 0 Å². The Labute approximate surface area is 181 Å². The first-order valence-corrected chi connectivity index (χ1v) is 11.5. The van der Waals surface area contributed by atoms with Crippen molar-refractivity contribution in [2.45, 2.75) is 50.6 Å². The van der Waals surface area contributed by atoms with Crippen LogP contribution in [-0.4, -0.2) is 23.6 Å². The molecule has 0 saturated heterocycles. The van der Waals surface area contributed by atoms with Gasteiger partial charge in [-0.15, -0.1) is 11.8 Å². The highest BCUT2D eigenvalue weighted by molar-refractivity contribution is 8.00. The number of carbonyl (C=O) groups excluding carboxylic acids is 2. The number of anilines is 1. The number of fused-ring (bicyclic) bond motifs is 1. The van der Waals surface area contributed by atoms with E-state index in [2.05, 4.69) is 19.2 Å². The molecule has 30 heavy (non-hydrogen) atoms. The summed E-state index contributed by atoms with van der Waals surface area (Å²) in [5, 5.41) is 3.21. The second kappa shape index (κ2) is 8.80. The largest absolute Gasteiger partial charge is 0.349 e. The first kappa shape index (κ1) is 20.9. The Hall–Kier alpha value is -2.34. The van der Waals surface area contributed by atoms with E-state index in [1.807, 2.05) is 18.2 Å². The molecule has 0 aromatic heterocycles. The molecular formula is C24H27FN2O2S. The van der Waals surface area contributed by atoms with Gasteiger partial charge in [0.1, 0.15) is 5.82 Å². The molecule has 0 spiro atoms. The van der Waals surface area contributed by atoms with Crippen LogP contribution < -0.4 is 10.2 Å². The average molecular weight is 427 g/mol. The number of hydrogen-bond acceptors (Lipinski definition) is 3. The van der Waals surface area contributed by atoms with Crippen LogP contribution in [-0.2, 0) is 11.3 Å². The first-order valence-electron chi connectivity index (χ1n) is 10.5. The molecule has 4 nitrogen and oxygen atoms in total. The van der Waals surface area contributed by atoms with Crippen LogP contribution in [0.1, 0.15) is 49.0 Å². The summed E-state index contributed by atoms with van der Waals surface area (Å²) >= 11 is 1.49. The summed E-state index contributed by atoms with van der Waals surface area (Å²) in [5.74, 6) is 1.01. The molecule has 2 aromatic rings. The standard InChI is InChI=1S/C24H27FN2O2S/c1-15-4-3-5-20(16(15)2)26-24(29)18-8-11-22-21(12-18)27(23(28)14-30-22)13-17-6-9-19(25)10-7-17/h6-12,15-16,20H,3-5,13-14H2,1-2H3,(H,26,29)/t15-,16-,20-/m1/s1. The molecule has 6 heteroatoms. The van der Waals surface area contributed by atoms with Gasteiger partial charge in [-0.2, -0.15) is 0 Å². The zero-order valence-corrected chi connectivity index (χ0v) is 18.2. The molecule has 1 aliphatic carbocycles. The van der Waals surface area contributed by atoms with Crippen LogP contribution in [0.5, 0.6) is 0 Å². The van der Waals surface area contributed by atoms with Crippen molar-refractivity contribution in [2.24, 2.45) is 11.8 Å². The van der Waals surface area contributed by atoms with E-state index in [4.69, 9.17) is 0 Å². The Kier molecular flexibility index (Phi) is 6.14. The van der Waals surface area contributed by atoms with Crippen LogP contribution in [0.4, 0.5) is 10.1 Å². The minimum absolute atomic E-state index is 0.0101. The molecule has 1 heterocycles. The van der Waals surface area contributed by atoms with Gasteiger partial charge in [0.05, 0.1) is 18.0 Å². The molecule has 1 fully saturated rings. The Bertz CT molecular complexity index is 947. The van der Waals surface area contributed by atoms with Crippen molar-refractivity contribution in [1.29, 1.82) is 0 Å². The van der Waals surface area contributed by atoms with Gasteiger partial charge >= 0.3 is 0 Å². The summed E-state index contributed by atoms with van der Waals surface area (Å²) in [6, 6.07) is 11.9. The van der Waals surface area contributed by atoms with Crippen molar-refractivity contribution >= 4 is 29.3 Å². The summed E-state index contributed by atoms with van der Waals surface area (Å²) in [6.45, 7) is 4.81. The van der Waals surface area contributed by atoms with Crippen LogP contribution >= 0.6 is 11.8 Å². The smallest absolute Gasteiger partial charge is 0.251 e. The van der Waals surface area contributed by atoms with Crippen LogP contribution in [0.25, 0.3) is 0 Å².